The topological polar surface area (TPSA) is 125 Å². The van der Waals surface area contributed by atoms with Crippen molar-refractivity contribution in [2.75, 3.05) is 23.3 Å². The number of carbonyl (C=O) groups excluding carboxylic acids is 3. The summed E-state index contributed by atoms with van der Waals surface area (Å²) < 4.78 is 66.3. The fourth-order valence-electron chi connectivity index (χ4n) is 3.72. The summed E-state index contributed by atoms with van der Waals surface area (Å²) in [5.41, 5.74) is 1.20. The van der Waals surface area contributed by atoms with Crippen molar-refractivity contribution in [3.63, 3.8) is 0 Å². The average molecular weight is 527 g/mol. The molecule has 1 heterocycles. The number of sulfonamides is 1. The maximum Gasteiger partial charge on any atom is 0.471 e. The standard InChI is InChI=1S/C23H25F3N4O5S/c1-3-20(31)29-17-6-4-15(5-7-17)21(32)27-10-11-28-36(34,35)18-8-9-19-16(13-18)12-14(2)30(19)22(33)23(24,25)26/h4-9,13-14,28H,3,10-12H2,1-2H3,(H,27,32)(H,29,31). The fourth-order valence-corrected chi connectivity index (χ4v) is 4.80. The first-order valence-corrected chi connectivity index (χ1v) is 12.5. The van der Waals surface area contributed by atoms with E-state index in [0.717, 1.165) is 6.07 Å². The van der Waals surface area contributed by atoms with E-state index in [1.165, 1.54) is 31.2 Å². The number of carbonyl (C=O) groups is 3. The number of nitrogens with zero attached hydrogens (tertiary/aromatic N) is 1. The zero-order valence-corrected chi connectivity index (χ0v) is 20.3. The highest BCUT2D eigenvalue weighted by Crippen LogP contribution is 2.36. The maximum atomic E-state index is 12.9. The first kappa shape index (κ1) is 27.1. The third kappa shape index (κ3) is 6.21. The number of fused-ring (bicyclic) bond motifs is 1. The number of amides is 3. The van der Waals surface area contributed by atoms with Crippen LogP contribution in [0.1, 0.15) is 36.2 Å². The van der Waals surface area contributed by atoms with E-state index in [9.17, 15) is 36.0 Å². The summed E-state index contributed by atoms with van der Waals surface area (Å²) >= 11 is 0. The second-order valence-electron chi connectivity index (χ2n) is 8.15. The van der Waals surface area contributed by atoms with Gasteiger partial charge in [0.25, 0.3) is 5.91 Å². The predicted molar refractivity (Wildman–Crippen MR) is 126 cm³/mol. The molecule has 0 saturated carbocycles. The Bertz CT molecular complexity index is 1260. The molecule has 1 aliphatic heterocycles. The van der Waals surface area contributed by atoms with Crippen LogP contribution in [0.4, 0.5) is 24.5 Å². The number of alkyl halides is 3. The van der Waals surface area contributed by atoms with Crippen molar-refractivity contribution in [2.45, 2.75) is 43.8 Å². The predicted octanol–water partition coefficient (Wildman–Crippen LogP) is 2.58. The van der Waals surface area contributed by atoms with Crippen molar-refractivity contribution in [2.24, 2.45) is 0 Å². The van der Waals surface area contributed by atoms with Crippen molar-refractivity contribution in [1.82, 2.24) is 10.0 Å². The summed E-state index contributed by atoms with van der Waals surface area (Å²) in [5, 5.41) is 5.23. The van der Waals surface area contributed by atoms with E-state index in [2.05, 4.69) is 15.4 Å². The van der Waals surface area contributed by atoms with E-state index in [1.54, 1.807) is 19.1 Å². The van der Waals surface area contributed by atoms with E-state index < -0.39 is 34.1 Å². The van der Waals surface area contributed by atoms with Crippen LogP contribution in [0.2, 0.25) is 0 Å². The van der Waals surface area contributed by atoms with Gasteiger partial charge in [-0.25, -0.2) is 13.1 Å². The van der Waals surface area contributed by atoms with E-state index in [1.807, 2.05) is 0 Å². The molecule has 0 fully saturated rings. The SMILES string of the molecule is CCC(=O)Nc1ccc(C(=O)NCCNS(=O)(=O)c2ccc3c(c2)CC(C)N3C(=O)C(F)(F)F)cc1. The van der Waals surface area contributed by atoms with Crippen LogP contribution in [0.15, 0.2) is 47.4 Å². The summed E-state index contributed by atoms with van der Waals surface area (Å²) in [6.07, 6.45) is -4.64. The highest BCUT2D eigenvalue weighted by Gasteiger charge is 2.47. The molecule has 2 aromatic carbocycles. The van der Waals surface area contributed by atoms with Gasteiger partial charge >= 0.3 is 12.1 Å². The van der Waals surface area contributed by atoms with E-state index >= 15 is 0 Å². The van der Waals surface area contributed by atoms with Crippen molar-refractivity contribution in [3.8, 4) is 0 Å². The van der Waals surface area contributed by atoms with Crippen LogP contribution in [0.3, 0.4) is 0 Å². The Morgan fingerprint density at radius 1 is 1.06 bits per heavy atom. The Morgan fingerprint density at radius 3 is 2.33 bits per heavy atom. The molecule has 3 rings (SSSR count). The van der Waals surface area contributed by atoms with Gasteiger partial charge in [0.05, 0.1) is 4.90 Å². The molecule has 9 nitrogen and oxygen atoms in total. The molecular formula is C23H25F3N4O5S. The zero-order chi connectivity index (χ0) is 26.7. The lowest BCUT2D eigenvalue weighted by Gasteiger charge is -2.23. The van der Waals surface area contributed by atoms with Crippen LogP contribution >= 0.6 is 0 Å². The Hall–Kier alpha value is -3.45. The smallest absolute Gasteiger partial charge is 0.351 e. The number of benzene rings is 2. The molecule has 3 N–H and O–H groups in total. The molecule has 0 bridgehead atoms. The Kier molecular flexibility index (Phi) is 8.04. The third-order valence-corrected chi connectivity index (χ3v) is 6.95. The summed E-state index contributed by atoms with van der Waals surface area (Å²) in [7, 11) is -4.01. The number of anilines is 2. The molecule has 3 amide bonds. The molecular weight excluding hydrogens is 501 g/mol. The summed E-state index contributed by atoms with van der Waals surface area (Å²) in [6.45, 7) is 3.01. The minimum atomic E-state index is -5.04. The van der Waals surface area contributed by atoms with E-state index in [4.69, 9.17) is 0 Å². The van der Waals surface area contributed by atoms with Crippen LogP contribution in [-0.4, -0.2) is 51.4 Å². The van der Waals surface area contributed by atoms with Gasteiger partial charge in [-0.3, -0.25) is 14.4 Å². The van der Waals surface area contributed by atoms with Crippen LogP contribution < -0.4 is 20.3 Å². The van der Waals surface area contributed by atoms with Crippen LogP contribution in [0.5, 0.6) is 0 Å². The molecule has 1 aliphatic rings. The Morgan fingerprint density at radius 2 is 1.72 bits per heavy atom. The van der Waals surface area contributed by atoms with Gasteiger partial charge in [-0.1, -0.05) is 6.92 Å². The second-order valence-corrected chi connectivity index (χ2v) is 9.92. The second kappa shape index (κ2) is 10.7. The first-order valence-electron chi connectivity index (χ1n) is 11.0. The van der Waals surface area contributed by atoms with E-state index in [0.29, 0.717) is 28.1 Å². The number of rotatable bonds is 8. The van der Waals surface area contributed by atoms with Crippen molar-refractivity contribution in [1.29, 1.82) is 0 Å². The summed E-state index contributed by atoms with van der Waals surface area (Å²) in [5.74, 6) is -2.61. The number of halogens is 3. The van der Waals surface area contributed by atoms with Crippen LogP contribution in [0, 0.1) is 0 Å². The molecule has 0 aromatic heterocycles. The number of hydrogen-bond donors (Lipinski definition) is 3. The van der Waals surface area contributed by atoms with Gasteiger partial charge in [-0.2, -0.15) is 13.2 Å². The summed E-state index contributed by atoms with van der Waals surface area (Å²) in [6, 6.07) is 8.97. The van der Waals surface area contributed by atoms with Gasteiger partial charge in [0, 0.05) is 42.5 Å². The lowest BCUT2D eigenvalue weighted by atomic mass is 10.1. The number of nitrogens with one attached hydrogen (secondary N) is 3. The van der Waals surface area contributed by atoms with Gasteiger partial charge in [-0.05, 0) is 61.4 Å². The zero-order valence-electron chi connectivity index (χ0n) is 19.5. The quantitative estimate of drug-likeness (QED) is 0.456. The minimum absolute atomic E-state index is 0.0244. The molecule has 0 saturated heterocycles. The van der Waals surface area contributed by atoms with Gasteiger partial charge in [-0.15, -0.1) is 0 Å². The molecule has 1 unspecified atom stereocenters. The van der Waals surface area contributed by atoms with Crippen molar-refractivity contribution < 1.29 is 36.0 Å². The molecule has 0 spiro atoms. The molecule has 194 valence electrons. The summed E-state index contributed by atoms with van der Waals surface area (Å²) in [4.78, 5) is 35.9. The molecule has 13 heteroatoms. The average Bonchev–Trinajstić information content (AvgIpc) is 3.15. The van der Waals surface area contributed by atoms with Gasteiger partial charge in [0.15, 0.2) is 0 Å². The lowest BCUT2D eigenvalue weighted by molar-refractivity contribution is -0.170. The van der Waals surface area contributed by atoms with Crippen molar-refractivity contribution >= 4 is 39.1 Å². The fraction of sp³-hybridized carbons (Fsp3) is 0.348. The molecule has 0 radical (unpaired) electrons. The normalized spacial score (nSPS) is 15.4. The molecule has 36 heavy (non-hydrogen) atoms. The minimum Gasteiger partial charge on any atom is -0.351 e. The maximum absolute atomic E-state index is 12.9. The Labute approximate surface area is 206 Å². The highest BCUT2D eigenvalue weighted by atomic mass is 32.2. The largest absolute Gasteiger partial charge is 0.471 e. The van der Waals surface area contributed by atoms with Gasteiger partial charge in [0.2, 0.25) is 15.9 Å². The van der Waals surface area contributed by atoms with Crippen LogP contribution in [-0.2, 0) is 26.0 Å². The van der Waals surface area contributed by atoms with Gasteiger partial charge < -0.3 is 15.5 Å². The number of hydrogen-bond acceptors (Lipinski definition) is 5. The highest BCUT2D eigenvalue weighted by molar-refractivity contribution is 7.89. The van der Waals surface area contributed by atoms with Crippen LogP contribution in [0.25, 0.3) is 0 Å². The molecule has 0 aliphatic carbocycles. The van der Waals surface area contributed by atoms with E-state index in [-0.39, 0.29) is 36.0 Å². The lowest BCUT2D eigenvalue weighted by Crippen LogP contribution is -2.44. The van der Waals surface area contributed by atoms with Gasteiger partial charge in [0.1, 0.15) is 0 Å². The van der Waals surface area contributed by atoms with Crippen molar-refractivity contribution in [3.05, 3.63) is 53.6 Å². The first-order chi connectivity index (χ1) is 16.8. The molecule has 1 atom stereocenters. The molecule has 2 aromatic rings. The third-order valence-electron chi connectivity index (χ3n) is 5.49. The Balaban J connectivity index is 1.57. The monoisotopic (exact) mass is 526 g/mol.